The van der Waals surface area contributed by atoms with E-state index < -0.39 is 24.9 Å². The maximum absolute atomic E-state index is 14.9. The number of carbonyl (C=O) groups excluding carboxylic acids is 2. The fraction of sp³-hybridized carbons (Fsp3) is 0.233. The lowest BCUT2D eigenvalue weighted by molar-refractivity contribution is -0.274. The Labute approximate surface area is 264 Å². The Morgan fingerprint density at radius 2 is 1.89 bits per heavy atom. The number of amidine groups is 1. The first-order chi connectivity index (χ1) is 21.9. The van der Waals surface area contributed by atoms with Crippen molar-refractivity contribution in [3.8, 4) is 28.6 Å². The molecule has 0 aliphatic carbocycles. The summed E-state index contributed by atoms with van der Waals surface area (Å²) in [6, 6.07) is 13.7. The number of ether oxygens (including phenoxy) is 3. The molecule has 0 spiro atoms. The molecule has 1 saturated heterocycles. The number of carbonyl (C=O) groups is 2. The molecule has 46 heavy (non-hydrogen) atoms. The summed E-state index contributed by atoms with van der Waals surface area (Å²) in [7, 11) is 1.56. The topological polar surface area (TPSA) is 120 Å². The minimum absolute atomic E-state index is 0.102. The molecule has 4 aromatic rings. The Balaban J connectivity index is 1.21. The Hall–Kier alpha value is -4.96. The smallest absolute Gasteiger partial charge is 0.470 e. The zero-order chi connectivity index (χ0) is 33.0. The maximum Gasteiger partial charge on any atom is 0.573 e. The highest BCUT2D eigenvalue weighted by atomic mass is 32.2. The van der Waals surface area contributed by atoms with E-state index in [-0.39, 0.29) is 40.3 Å². The Morgan fingerprint density at radius 3 is 2.59 bits per heavy atom. The molecular weight excluding hydrogens is 632 g/mol. The van der Waals surface area contributed by atoms with E-state index in [0.29, 0.717) is 16.9 Å². The van der Waals surface area contributed by atoms with Gasteiger partial charge in [-0.05, 0) is 67.9 Å². The van der Waals surface area contributed by atoms with Gasteiger partial charge in [0.15, 0.2) is 29.3 Å². The van der Waals surface area contributed by atoms with Crippen molar-refractivity contribution in [2.45, 2.75) is 26.3 Å². The highest BCUT2D eigenvalue weighted by molar-refractivity contribution is 8.15. The van der Waals surface area contributed by atoms with Crippen molar-refractivity contribution in [1.82, 2.24) is 20.1 Å². The Morgan fingerprint density at radius 1 is 1.13 bits per heavy atom. The van der Waals surface area contributed by atoms with Gasteiger partial charge in [0.05, 0.1) is 23.2 Å². The zero-order valence-electron chi connectivity index (χ0n) is 24.5. The van der Waals surface area contributed by atoms with Crippen molar-refractivity contribution in [2.75, 3.05) is 24.5 Å². The molecule has 1 unspecified atom stereocenters. The molecular formula is C30H26F4N6O5S. The molecule has 0 bridgehead atoms. The number of alkyl halides is 3. The van der Waals surface area contributed by atoms with Crippen LogP contribution in [-0.2, 0) is 9.53 Å². The molecule has 11 nitrogen and oxygen atoms in total. The van der Waals surface area contributed by atoms with Crippen molar-refractivity contribution in [3.63, 3.8) is 0 Å². The summed E-state index contributed by atoms with van der Waals surface area (Å²) in [5.74, 6) is -1.30. The van der Waals surface area contributed by atoms with Crippen LogP contribution in [0.15, 0.2) is 72.0 Å². The van der Waals surface area contributed by atoms with E-state index in [1.54, 1.807) is 7.11 Å². The summed E-state index contributed by atoms with van der Waals surface area (Å²) in [5, 5.41) is 6.86. The van der Waals surface area contributed by atoms with Crippen LogP contribution in [0.3, 0.4) is 0 Å². The van der Waals surface area contributed by atoms with Gasteiger partial charge in [0.25, 0.3) is 0 Å². The summed E-state index contributed by atoms with van der Waals surface area (Å²) in [6.07, 6.45) is -3.80. The van der Waals surface area contributed by atoms with E-state index in [9.17, 15) is 27.2 Å². The van der Waals surface area contributed by atoms with E-state index in [1.165, 1.54) is 40.2 Å². The van der Waals surface area contributed by atoms with E-state index >= 15 is 0 Å². The molecule has 1 aromatic heterocycles. The summed E-state index contributed by atoms with van der Waals surface area (Å²) >= 11 is 1.11. The van der Waals surface area contributed by atoms with Gasteiger partial charge in [-0.15, -0.1) is 18.3 Å². The molecule has 0 radical (unpaired) electrons. The zero-order valence-corrected chi connectivity index (χ0v) is 25.4. The van der Waals surface area contributed by atoms with Crippen LogP contribution in [0.2, 0.25) is 0 Å². The highest BCUT2D eigenvalue weighted by Gasteiger charge is 2.33. The first-order valence-electron chi connectivity index (χ1n) is 13.6. The first kappa shape index (κ1) is 32.4. The lowest BCUT2D eigenvalue weighted by atomic mass is 10.0. The molecule has 240 valence electrons. The van der Waals surface area contributed by atoms with E-state index in [2.05, 4.69) is 25.1 Å². The van der Waals surface area contributed by atoms with Crippen molar-refractivity contribution in [1.29, 1.82) is 0 Å². The van der Waals surface area contributed by atoms with Gasteiger partial charge < -0.3 is 19.5 Å². The predicted molar refractivity (Wildman–Crippen MR) is 161 cm³/mol. The van der Waals surface area contributed by atoms with Gasteiger partial charge in [-0.1, -0.05) is 23.9 Å². The fourth-order valence-corrected chi connectivity index (χ4v) is 5.24. The molecule has 2 heterocycles. The number of anilines is 1. The van der Waals surface area contributed by atoms with E-state index in [4.69, 9.17) is 9.47 Å². The van der Waals surface area contributed by atoms with Crippen LogP contribution in [0.4, 0.5) is 28.0 Å². The van der Waals surface area contributed by atoms with Crippen LogP contribution in [-0.4, -0.2) is 57.8 Å². The highest BCUT2D eigenvalue weighted by Crippen LogP contribution is 2.34. The fourth-order valence-electron chi connectivity index (χ4n) is 4.38. The number of aryl methyl sites for hydroxylation is 1. The molecule has 3 amide bonds. The van der Waals surface area contributed by atoms with Gasteiger partial charge in [-0.3, -0.25) is 9.69 Å². The molecule has 1 fully saturated rings. The number of urea groups is 1. The third-order valence-electron chi connectivity index (χ3n) is 6.65. The van der Waals surface area contributed by atoms with Gasteiger partial charge in [0.2, 0.25) is 5.91 Å². The summed E-state index contributed by atoms with van der Waals surface area (Å²) in [4.78, 5) is 34.9. The number of benzene rings is 3. The van der Waals surface area contributed by atoms with Gasteiger partial charge in [-0.25, -0.2) is 18.9 Å². The van der Waals surface area contributed by atoms with Crippen LogP contribution in [0.5, 0.6) is 11.5 Å². The number of hydrogen-bond acceptors (Lipinski definition) is 8. The normalized spacial score (nSPS) is 14.9. The van der Waals surface area contributed by atoms with E-state index in [1.807, 2.05) is 32.0 Å². The maximum atomic E-state index is 14.9. The van der Waals surface area contributed by atoms with Gasteiger partial charge in [0.1, 0.15) is 12.1 Å². The summed E-state index contributed by atoms with van der Waals surface area (Å²) in [6.45, 7) is 3.32. The lowest BCUT2D eigenvalue weighted by Gasteiger charge is -2.23. The molecule has 1 aliphatic heterocycles. The second-order valence-electron chi connectivity index (χ2n) is 9.82. The van der Waals surface area contributed by atoms with Gasteiger partial charge in [0, 0.05) is 18.2 Å². The number of hydrogen-bond donors (Lipinski definition) is 1. The Bertz CT molecular complexity index is 1780. The van der Waals surface area contributed by atoms with Crippen LogP contribution >= 0.6 is 11.8 Å². The third kappa shape index (κ3) is 7.63. The number of aromatic nitrogens is 3. The number of rotatable bonds is 9. The number of halogens is 4. The molecule has 0 saturated carbocycles. The average Bonchev–Trinajstić information content (AvgIpc) is 3.64. The van der Waals surface area contributed by atoms with Crippen molar-refractivity contribution < 1.29 is 41.4 Å². The minimum Gasteiger partial charge on any atom is -0.470 e. The molecule has 1 atom stereocenters. The second-order valence-corrected chi connectivity index (χ2v) is 10.8. The van der Waals surface area contributed by atoms with Crippen molar-refractivity contribution in [3.05, 3.63) is 83.9 Å². The number of aliphatic imine (C=N–C) groups is 1. The number of thioether (sulfide) groups is 1. The molecule has 16 heteroatoms. The van der Waals surface area contributed by atoms with E-state index in [0.717, 1.165) is 41.1 Å². The summed E-state index contributed by atoms with van der Waals surface area (Å²) < 4.78 is 68.0. The quantitative estimate of drug-likeness (QED) is 0.168. The Kier molecular flexibility index (Phi) is 9.57. The predicted octanol–water partition coefficient (Wildman–Crippen LogP) is 6.17. The van der Waals surface area contributed by atoms with Crippen LogP contribution in [0.25, 0.3) is 17.1 Å². The standard InChI is InChI=1S/C30H26F4N6O5S/c1-17-4-10-22(18(2)43-3)24(12-17)40-26(41)14-46-29(40)37-28(42)36-16-44-25-11-5-19(13-23(25)31)27-35-15-39(38-27)20-6-8-21(9-7-20)45-30(32,33)34/h4-13,15,18H,14,16H2,1-3H3,(H,36,42)/b37-29-. The van der Waals surface area contributed by atoms with Crippen LogP contribution in [0.1, 0.15) is 24.2 Å². The number of methoxy groups -OCH3 is 1. The van der Waals surface area contributed by atoms with Crippen molar-refractivity contribution in [2.24, 2.45) is 4.99 Å². The number of nitrogens with zero attached hydrogens (tertiary/aromatic N) is 5. The largest absolute Gasteiger partial charge is 0.573 e. The summed E-state index contributed by atoms with van der Waals surface area (Å²) in [5.41, 5.74) is 2.95. The second kappa shape index (κ2) is 13.6. The average molecular weight is 659 g/mol. The minimum atomic E-state index is -4.81. The molecule has 3 aromatic carbocycles. The van der Waals surface area contributed by atoms with Crippen LogP contribution < -0.4 is 19.7 Å². The van der Waals surface area contributed by atoms with Gasteiger partial charge >= 0.3 is 12.4 Å². The molecule has 5 rings (SSSR count). The lowest BCUT2D eigenvalue weighted by Crippen LogP contribution is -2.33. The number of nitrogens with one attached hydrogen (secondary N) is 1. The molecule has 1 N–H and O–H groups in total. The molecule has 1 aliphatic rings. The van der Waals surface area contributed by atoms with Crippen molar-refractivity contribution >= 4 is 34.6 Å². The number of amides is 3. The van der Waals surface area contributed by atoms with Crippen LogP contribution in [0, 0.1) is 12.7 Å². The third-order valence-corrected chi connectivity index (χ3v) is 7.57. The van der Waals surface area contributed by atoms with Gasteiger partial charge in [-0.2, -0.15) is 4.99 Å². The first-order valence-corrected chi connectivity index (χ1v) is 14.6. The monoisotopic (exact) mass is 658 g/mol. The SMILES string of the molecule is COC(C)c1ccc(C)cc1N1C(=O)CS/C1=N\C(=O)NCOc1ccc(-c2ncn(-c3ccc(OC(F)(F)F)cc3)n2)cc1F.